The van der Waals surface area contributed by atoms with E-state index in [0.717, 1.165) is 18.5 Å². The average molecular weight is 533 g/mol. The van der Waals surface area contributed by atoms with E-state index in [1.807, 2.05) is 34.6 Å². The Balaban J connectivity index is 2.20. The highest BCUT2D eigenvalue weighted by Crippen LogP contribution is 2.22. The molecule has 0 spiro atoms. The number of hydrogen-bond donors (Lipinski definition) is 6. The zero-order chi connectivity index (χ0) is 28.5. The maximum atomic E-state index is 13.5. The van der Waals surface area contributed by atoms with Crippen LogP contribution in [0.5, 0.6) is 5.75 Å². The number of nitrogens with one attached hydrogen (secondary N) is 4. The zero-order valence-corrected chi connectivity index (χ0v) is 23.2. The molecule has 1 fully saturated rings. The molecule has 1 aliphatic heterocycles. The lowest BCUT2D eigenvalue weighted by Gasteiger charge is -2.29. The molecule has 38 heavy (non-hydrogen) atoms. The molecule has 10 nitrogen and oxygen atoms in total. The summed E-state index contributed by atoms with van der Waals surface area (Å²) >= 11 is 0. The van der Waals surface area contributed by atoms with E-state index in [0.29, 0.717) is 19.3 Å². The molecule has 1 heterocycles. The Morgan fingerprint density at radius 2 is 1.68 bits per heavy atom. The SMILES string of the molecule is CC[C@H](C)[C@H](NC(=O)[C@H](Cc1ccc(O)cc1)NC(=O)[C@H]1CCCN1)C(=O)N[C@@H](CCC(C)(C)C)C(=O)O. The molecular formula is C28H44N4O6. The van der Waals surface area contributed by atoms with Crippen LogP contribution >= 0.6 is 0 Å². The van der Waals surface area contributed by atoms with Gasteiger partial charge in [0.1, 0.15) is 23.9 Å². The number of carboxylic acids is 1. The number of rotatable bonds is 13. The number of aromatic hydroxyl groups is 1. The van der Waals surface area contributed by atoms with Gasteiger partial charge in [-0.2, -0.15) is 0 Å². The van der Waals surface area contributed by atoms with Gasteiger partial charge in [0.15, 0.2) is 0 Å². The smallest absolute Gasteiger partial charge is 0.326 e. The third-order valence-corrected chi connectivity index (χ3v) is 6.98. The van der Waals surface area contributed by atoms with Crippen molar-refractivity contribution in [3.8, 4) is 5.75 Å². The van der Waals surface area contributed by atoms with Crippen molar-refractivity contribution < 1.29 is 29.4 Å². The number of carbonyl (C=O) groups excluding carboxylic acids is 3. The first-order chi connectivity index (χ1) is 17.8. The normalized spacial score (nSPS) is 18.6. The third-order valence-electron chi connectivity index (χ3n) is 6.98. The molecule has 5 atom stereocenters. The van der Waals surface area contributed by atoms with Crippen LogP contribution < -0.4 is 21.3 Å². The van der Waals surface area contributed by atoms with E-state index in [9.17, 15) is 29.4 Å². The van der Waals surface area contributed by atoms with Gasteiger partial charge in [0.2, 0.25) is 17.7 Å². The topological polar surface area (TPSA) is 157 Å². The number of aliphatic carboxylic acids is 1. The number of phenols is 1. The van der Waals surface area contributed by atoms with Crippen molar-refractivity contribution >= 4 is 23.7 Å². The number of carbonyl (C=O) groups is 4. The van der Waals surface area contributed by atoms with E-state index >= 15 is 0 Å². The van der Waals surface area contributed by atoms with Crippen molar-refractivity contribution in [3.05, 3.63) is 29.8 Å². The number of carboxylic acid groups (broad SMARTS) is 1. The van der Waals surface area contributed by atoms with Crippen LogP contribution in [0, 0.1) is 11.3 Å². The summed E-state index contributed by atoms with van der Waals surface area (Å²) in [6, 6.07) is 2.93. The minimum atomic E-state index is -1.13. The first-order valence-corrected chi connectivity index (χ1v) is 13.5. The van der Waals surface area contributed by atoms with Gasteiger partial charge in [-0.15, -0.1) is 0 Å². The first kappa shape index (κ1) is 31.1. The second kappa shape index (κ2) is 14.1. The standard InChI is InChI=1S/C28H44N4O6/c1-6-17(2)23(26(36)30-21(27(37)38)13-14-28(3,4)5)32-25(35)22(16-18-9-11-19(33)12-10-18)31-24(34)20-8-7-15-29-20/h9-12,17,20-23,29,33H,6-8,13-16H2,1-5H3,(H,30,36)(H,31,34)(H,32,35)(H,37,38)/t17-,20+,21-,22-,23-/m0/s1. The molecule has 3 amide bonds. The minimum Gasteiger partial charge on any atom is -0.508 e. The van der Waals surface area contributed by atoms with Crippen LogP contribution in [-0.2, 0) is 25.6 Å². The Morgan fingerprint density at radius 3 is 2.21 bits per heavy atom. The molecular weight excluding hydrogens is 488 g/mol. The van der Waals surface area contributed by atoms with E-state index in [4.69, 9.17) is 0 Å². The van der Waals surface area contributed by atoms with Crippen LogP contribution in [0.25, 0.3) is 0 Å². The maximum Gasteiger partial charge on any atom is 0.326 e. The van der Waals surface area contributed by atoms with Crippen molar-refractivity contribution in [1.82, 2.24) is 21.3 Å². The van der Waals surface area contributed by atoms with Crippen LogP contribution in [0.1, 0.15) is 72.3 Å². The molecule has 1 aromatic carbocycles. The highest BCUT2D eigenvalue weighted by Gasteiger charge is 2.34. The van der Waals surface area contributed by atoms with Crippen molar-refractivity contribution in [2.24, 2.45) is 11.3 Å². The number of phenolic OH excluding ortho intramolecular Hbond substituents is 1. The van der Waals surface area contributed by atoms with E-state index in [-0.39, 0.29) is 35.8 Å². The van der Waals surface area contributed by atoms with E-state index in [2.05, 4.69) is 21.3 Å². The summed E-state index contributed by atoms with van der Waals surface area (Å²) < 4.78 is 0. The molecule has 6 N–H and O–H groups in total. The van der Waals surface area contributed by atoms with E-state index in [1.54, 1.807) is 12.1 Å². The minimum absolute atomic E-state index is 0.0851. The molecule has 1 aromatic rings. The largest absolute Gasteiger partial charge is 0.508 e. The predicted molar refractivity (Wildman–Crippen MR) is 144 cm³/mol. The quantitative estimate of drug-likeness (QED) is 0.227. The molecule has 0 aromatic heterocycles. The number of benzene rings is 1. The van der Waals surface area contributed by atoms with E-state index in [1.165, 1.54) is 12.1 Å². The molecule has 2 rings (SSSR count). The number of hydrogen-bond acceptors (Lipinski definition) is 6. The molecule has 0 radical (unpaired) electrons. The molecule has 10 heteroatoms. The van der Waals surface area contributed by atoms with Gasteiger partial charge in [0.05, 0.1) is 6.04 Å². The molecule has 1 aliphatic rings. The number of amides is 3. The second-order valence-electron chi connectivity index (χ2n) is 11.5. The summed E-state index contributed by atoms with van der Waals surface area (Å²) in [5, 5.41) is 30.6. The molecule has 0 aliphatic carbocycles. The van der Waals surface area contributed by atoms with Crippen molar-refractivity contribution in [2.75, 3.05) is 6.54 Å². The van der Waals surface area contributed by atoms with Crippen LogP contribution in [0.15, 0.2) is 24.3 Å². The van der Waals surface area contributed by atoms with Gasteiger partial charge >= 0.3 is 5.97 Å². The fourth-order valence-corrected chi connectivity index (χ4v) is 4.31. The van der Waals surface area contributed by atoms with Crippen LogP contribution in [-0.4, -0.2) is 64.6 Å². The third kappa shape index (κ3) is 9.96. The van der Waals surface area contributed by atoms with Gasteiger partial charge in [0.25, 0.3) is 0 Å². The highest BCUT2D eigenvalue weighted by molar-refractivity contribution is 5.94. The molecule has 1 saturated heterocycles. The summed E-state index contributed by atoms with van der Waals surface area (Å²) in [5.41, 5.74) is 0.622. The van der Waals surface area contributed by atoms with Crippen LogP contribution in [0.3, 0.4) is 0 Å². The van der Waals surface area contributed by atoms with Crippen molar-refractivity contribution in [3.63, 3.8) is 0 Å². The molecule has 0 unspecified atom stereocenters. The van der Waals surface area contributed by atoms with Crippen molar-refractivity contribution in [1.29, 1.82) is 0 Å². The molecule has 212 valence electrons. The summed E-state index contributed by atoms with van der Waals surface area (Å²) in [7, 11) is 0. The highest BCUT2D eigenvalue weighted by atomic mass is 16.4. The van der Waals surface area contributed by atoms with Gasteiger partial charge in [-0.1, -0.05) is 53.2 Å². The monoisotopic (exact) mass is 532 g/mol. The lowest BCUT2D eigenvalue weighted by Crippen LogP contribution is -2.59. The van der Waals surface area contributed by atoms with Gasteiger partial charge < -0.3 is 31.5 Å². The molecule has 0 saturated carbocycles. The van der Waals surface area contributed by atoms with Gasteiger partial charge in [0, 0.05) is 6.42 Å². The fraction of sp³-hybridized carbons (Fsp3) is 0.643. The van der Waals surface area contributed by atoms with Crippen LogP contribution in [0.4, 0.5) is 0 Å². The Hall–Kier alpha value is -3.14. The summed E-state index contributed by atoms with van der Waals surface area (Å²) in [6.07, 6.45) is 3.12. The van der Waals surface area contributed by atoms with Gasteiger partial charge in [-0.25, -0.2) is 4.79 Å². The fourth-order valence-electron chi connectivity index (χ4n) is 4.31. The molecule has 0 bridgehead atoms. The summed E-state index contributed by atoms with van der Waals surface area (Å²) in [5.74, 6) is -2.72. The first-order valence-electron chi connectivity index (χ1n) is 13.5. The Bertz CT molecular complexity index is 953. The average Bonchev–Trinajstić information content (AvgIpc) is 3.39. The van der Waals surface area contributed by atoms with Crippen molar-refractivity contribution in [2.45, 2.75) is 97.3 Å². The van der Waals surface area contributed by atoms with Gasteiger partial charge in [-0.05, 0) is 61.3 Å². The lowest BCUT2D eigenvalue weighted by atomic mass is 9.88. The zero-order valence-electron chi connectivity index (χ0n) is 23.2. The Morgan fingerprint density at radius 1 is 1.03 bits per heavy atom. The van der Waals surface area contributed by atoms with Gasteiger partial charge in [-0.3, -0.25) is 14.4 Å². The summed E-state index contributed by atoms with van der Waals surface area (Å²) in [6.45, 7) is 10.4. The van der Waals surface area contributed by atoms with Crippen LogP contribution in [0.2, 0.25) is 0 Å². The Kier molecular flexibility index (Phi) is 11.6. The lowest BCUT2D eigenvalue weighted by molar-refractivity contribution is -0.143. The Labute approximate surface area is 225 Å². The maximum absolute atomic E-state index is 13.5. The second-order valence-corrected chi connectivity index (χ2v) is 11.5. The summed E-state index contributed by atoms with van der Waals surface area (Å²) in [4.78, 5) is 51.4. The van der Waals surface area contributed by atoms with E-state index < -0.39 is 42.0 Å². The predicted octanol–water partition coefficient (Wildman–Crippen LogP) is 2.10.